The molecule has 0 fully saturated rings. The van der Waals surface area contributed by atoms with E-state index in [1.54, 1.807) is 6.08 Å². The predicted octanol–water partition coefficient (Wildman–Crippen LogP) is 0.0528. The summed E-state index contributed by atoms with van der Waals surface area (Å²) in [5.41, 5.74) is 0. The third kappa shape index (κ3) is 3.12. The van der Waals surface area contributed by atoms with Crippen molar-refractivity contribution in [3.8, 4) is 0 Å². The Hall–Kier alpha value is -0.880. The predicted molar refractivity (Wildman–Crippen MR) is 51.4 cm³/mol. The molecule has 0 aliphatic carbocycles. The lowest BCUT2D eigenvalue weighted by molar-refractivity contribution is -0.136. The van der Waals surface area contributed by atoms with Crippen molar-refractivity contribution in [1.29, 1.82) is 0 Å². The van der Waals surface area contributed by atoms with Crippen molar-refractivity contribution in [3.63, 3.8) is 0 Å². The Bertz CT molecular complexity index is 333. The topological polar surface area (TPSA) is 74.7 Å². The summed E-state index contributed by atoms with van der Waals surface area (Å²) in [6.07, 6.45) is 4.07. The van der Waals surface area contributed by atoms with Crippen molar-refractivity contribution in [1.82, 2.24) is 4.31 Å². The van der Waals surface area contributed by atoms with E-state index in [1.165, 1.54) is 4.31 Å². The van der Waals surface area contributed by atoms with Crippen molar-refractivity contribution >= 4 is 16.0 Å². The number of hydrogen-bond donors (Lipinski definition) is 1. The highest BCUT2D eigenvalue weighted by atomic mass is 32.2. The molecule has 0 saturated carbocycles. The van der Waals surface area contributed by atoms with Gasteiger partial charge in [0.2, 0.25) is 10.0 Å². The molecule has 6 heteroatoms. The highest BCUT2D eigenvalue weighted by Crippen LogP contribution is 2.08. The van der Waals surface area contributed by atoms with Crippen LogP contribution in [0, 0.1) is 0 Å². The molecular formula is C8H13NO4S. The van der Waals surface area contributed by atoms with E-state index in [0.29, 0.717) is 19.5 Å². The zero-order valence-corrected chi connectivity index (χ0v) is 8.53. The van der Waals surface area contributed by atoms with Crippen LogP contribution in [0.5, 0.6) is 0 Å². The van der Waals surface area contributed by atoms with Gasteiger partial charge in [-0.15, -0.1) is 0 Å². The number of nitrogens with zero attached hydrogens (tertiary/aromatic N) is 1. The molecule has 0 unspecified atom stereocenters. The quantitative estimate of drug-likeness (QED) is 0.678. The Morgan fingerprint density at radius 3 is 2.64 bits per heavy atom. The maximum absolute atomic E-state index is 11.5. The third-order valence-corrected chi connectivity index (χ3v) is 3.83. The molecular weight excluding hydrogens is 206 g/mol. The molecule has 1 aliphatic heterocycles. The van der Waals surface area contributed by atoms with Gasteiger partial charge in [0, 0.05) is 13.1 Å². The Balaban J connectivity index is 2.56. The summed E-state index contributed by atoms with van der Waals surface area (Å²) in [7, 11) is -3.38. The molecule has 0 aromatic rings. The van der Waals surface area contributed by atoms with Gasteiger partial charge in [-0.05, 0) is 6.42 Å². The zero-order valence-electron chi connectivity index (χ0n) is 7.72. The van der Waals surface area contributed by atoms with E-state index >= 15 is 0 Å². The number of rotatable bonds is 4. The van der Waals surface area contributed by atoms with E-state index in [9.17, 15) is 13.2 Å². The van der Waals surface area contributed by atoms with Gasteiger partial charge in [0.15, 0.2) is 0 Å². The van der Waals surface area contributed by atoms with Crippen LogP contribution in [-0.4, -0.2) is 42.6 Å². The Morgan fingerprint density at radius 1 is 1.43 bits per heavy atom. The van der Waals surface area contributed by atoms with Crippen LogP contribution in [0.2, 0.25) is 0 Å². The van der Waals surface area contributed by atoms with Crippen LogP contribution >= 0.6 is 0 Å². The summed E-state index contributed by atoms with van der Waals surface area (Å²) in [4.78, 5) is 10.2. The molecule has 0 radical (unpaired) electrons. The van der Waals surface area contributed by atoms with Gasteiger partial charge < -0.3 is 5.11 Å². The monoisotopic (exact) mass is 219 g/mol. The lowest BCUT2D eigenvalue weighted by Gasteiger charge is -2.22. The molecule has 0 atom stereocenters. The smallest absolute Gasteiger partial charge is 0.304 e. The maximum atomic E-state index is 11.5. The van der Waals surface area contributed by atoms with Gasteiger partial charge in [-0.3, -0.25) is 4.79 Å². The SMILES string of the molecule is O=C(O)CCS(=O)(=O)N1CC=CCC1. The molecule has 1 heterocycles. The molecule has 0 amide bonds. The minimum absolute atomic E-state index is 0.309. The summed E-state index contributed by atoms with van der Waals surface area (Å²) in [5, 5.41) is 8.38. The standard InChI is InChI=1S/C8H13NO4S/c10-8(11)4-7-14(12,13)9-5-2-1-3-6-9/h1-2H,3-7H2,(H,10,11). The number of carbonyl (C=O) groups is 1. The first-order valence-electron chi connectivity index (χ1n) is 4.37. The van der Waals surface area contributed by atoms with E-state index in [1.807, 2.05) is 6.08 Å². The first-order chi connectivity index (χ1) is 6.52. The van der Waals surface area contributed by atoms with E-state index in [2.05, 4.69) is 0 Å². The summed E-state index contributed by atoms with van der Waals surface area (Å²) < 4.78 is 24.4. The van der Waals surface area contributed by atoms with Crippen LogP contribution < -0.4 is 0 Å². The van der Waals surface area contributed by atoms with E-state index in [-0.39, 0.29) is 12.2 Å². The van der Waals surface area contributed by atoms with Gasteiger partial charge in [0.1, 0.15) is 0 Å². The Morgan fingerprint density at radius 2 is 2.14 bits per heavy atom. The van der Waals surface area contributed by atoms with Crippen LogP contribution in [0.25, 0.3) is 0 Å². The molecule has 1 aliphatic rings. The minimum atomic E-state index is -3.38. The van der Waals surface area contributed by atoms with Crippen LogP contribution in [0.3, 0.4) is 0 Å². The van der Waals surface area contributed by atoms with Gasteiger partial charge in [-0.1, -0.05) is 12.2 Å². The number of carboxylic acids is 1. The molecule has 80 valence electrons. The highest BCUT2D eigenvalue weighted by molar-refractivity contribution is 7.89. The first-order valence-corrected chi connectivity index (χ1v) is 5.98. The van der Waals surface area contributed by atoms with Crippen molar-refractivity contribution in [3.05, 3.63) is 12.2 Å². The Kier molecular flexibility index (Phi) is 3.65. The van der Waals surface area contributed by atoms with E-state index in [0.717, 1.165) is 0 Å². The molecule has 0 saturated heterocycles. The summed E-state index contributed by atoms with van der Waals surface area (Å²) in [5.74, 6) is -1.39. The fraction of sp³-hybridized carbons (Fsp3) is 0.625. The molecule has 0 aromatic carbocycles. The van der Waals surface area contributed by atoms with Crippen LogP contribution in [-0.2, 0) is 14.8 Å². The molecule has 5 nitrogen and oxygen atoms in total. The molecule has 0 bridgehead atoms. The van der Waals surface area contributed by atoms with Gasteiger partial charge in [0.25, 0.3) is 0 Å². The van der Waals surface area contributed by atoms with Gasteiger partial charge in [0.05, 0.1) is 12.2 Å². The van der Waals surface area contributed by atoms with Crippen LogP contribution in [0.15, 0.2) is 12.2 Å². The second-order valence-electron chi connectivity index (χ2n) is 3.08. The van der Waals surface area contributed by atoms with Crippen molar-refractivity contribution in [2.24, 2.45) is 0 Å². The number of aliphatic carboxylic acids is 1. The van der Waals surface area contributed by atoms with Crippen LogP contribution in [0.1, 0.15) is 12.8 Å². The van der Waals surface area contributed by atoms with Crippen LogP contribution in [0.4, 0.5) is 0 Å². The fourth-order valence-corrected chi connectivity index (χ4v) is 2.61. The molecule has 0 spiro atoms. The molecule has 1 N–H and O–H groups in total. The molecule has 0 aromatic heterocycles. The number of sulfonamides is 1. The Labute approximate surface area is 83.1 Å². The van der Waals surface area contributed by atoms with Crippen molar-refractivity contribution in [2.75, 3.05) is 18.8 Å². The minimum Gasteiger partial charge on any atom is -0.481 e. The average Bonchev–Trinajstić information content (AvgIpc) is 2.16. The normalized spacial score (nSPS) is 18.3. The average molecular weight is 219 g/mol. The third-order valence-electron chi connectivity index (χ3n) is 1.99. The summed E-state index contributed by atoms with van der Waals surface area (Å²) in [6.45, 7) is 0.820. The zero-order chi connectivity index (χ0) is 10.6. The van der Waals surface area contributed by atoms with Gasteiger partial charge in [-0.2, -0.15) is 4.31 Å². The molecule has 1 rings (SSSR count). The lowest BCUT2D eigenvalue weighted by atomic mass is 10.3. The van der Waals surface area contributed by atoms with E-state index in [4.69, 9.17) is 5.11 Å². The van der Waals surface area contributed by atoms with Crippen molar-refractivity contribution < 1.29 is 18.3 Å². The van der Waals surface area contributed by atoms with Crippen molar-refractivity contribution in [2.45, 2.75) is 12.8 Å². The fourth-order valence-electron chi connectivity index (χ4n) is 1.22. The maximum Gasteiger partial charge on any atom is 0.304 e. The molecule has 14 heavy (non-hydrogen) atoms. The summed E-state index contributed by atoms with van der Waals surface area (Å²) >= 11 is 0. The second kappa shape index (κ2) is 4.56. The van der Waals surface area contributed by atoms with Gasteiger partial charge in [-0.25, -0.2) is 8.42 Å². The first kappa shape index (κ1) is 11.2. The van der Waals surface area contributed by atoms with E-state index < -0.39 is 16.0 Å². The number of carboxylic acid groups (broad SMARTS) is 1. The second-order valence-corrected chi connectivity index (χ2v) is 5.17. The number of hydrogen-bond acceptors (Lipinski definition) is 3. The summed E-state index contributed by atoms with van der Waals surface area (Å²) in [6, 6.07) is 0. The van der Waals surface area contributed by atoms with Gasteiger partial charge >= 0.3 is 5.97 Å². The lowest BCUT2D eigenvalue weighted by Crippen LogP contribution is -2.36. The largest absolute Gasteiger partial charge is 0.481 e. The highest BCUT2D eigenvalue weighted by Gasteiger charge is 2.22.